The number of hydrogen-bond donors (Lipinski definition) is 1. The fourth-order valence-corrected chi connectivity index (χ4v) is 3.72. The Hall–Kier alpha value is -2.73. The molecule has 0 saturated carbocycles. The van der Waals surface area contributed by atoms with Gasteiger partial charge in [-0.1, -0.05) is 6.07 Å². The number of H-pyrrole nitrogens is 1. The van der Waals surface area contributed by atoms with Crippen molar-refractivity contribution < 1.29 is 4.21 Å². The highest BCUT2D eigenvalue weighted by atomic mass is 32.2. The predicted octanol–water partition coefficient (Wildman–Crippen LogP) is 3.36. The van der Waals surface area contributed by atoms with E-state index in [1.807, 2.05) is 66.3 Å². The summed E-state index contributed by atoms with van der Waals surface area (Å²) in [5.41, 5.74) is 4.60. The van der Waals surface area contributed by atoms with Crippen LogP contribution in [0.5, 0.6) is 0 Å². The molecule has 0 fully saturated rings. The molecule has 4 rings (SSSR count). The van der Waals surface area contributed by atoms with Crippen LogP contribution in [0.1, 0.15) is 11.3 Å². The van der Waals surface area contributed by atoms with Crippen molar-refractivity contribution in [3.05, 3.63) is 72.3 Å². The zero-order valence-corrected chi connectivity index (χ0v) is 14.0. The van der Waals surface area contributed by atoms with Crippen molar-refractivity contribution in [2.75, 3.05) is 0 Å². The molecule has 0 saturated heterocycles. The summed E-state index contributed by atoms with van der Waals surface area (Å²) >= 11 is 0. The van der Waals surface area contributed by atoms with Crippen LogP contribution in [-0.2, 0) is 16.6 Å². The summed E-state index contributed by atoms with van der Waals surface area (Å²) in [6.45, 7) is 1.97. The molecule has 24 heavy (non-hydrogen) atoms. The minimum atomic E-state index is -1.26. The van der Waals surface area contributed by atoms with E-state index in [-0.39, 0.29) is 0 Å². The van der Waals surface area contributed by atoms with Crippen molar-refractivity contribution in [1.82, 2.24) is 19.5 Å². The highest BCUT2D eigenvalue weighted by molar-refractivity contribution is 7.84. The van der Waals surface area contributed by atoms with Crippen molar-refractivity contribution in [1.29, 1.82) is 0 Å². The average molecular weight is 336 g/mol. The van der Waals surface area contributed by atoms with Crippen LogP contribution in [0.4, 0.5) is 0 Å². The van der Waals surface area contributed by atoms with Gasteiger partial charge in [0.2, 0.25) is 0 Å². The molecule has 1 aromatic carbocycles. The van der Waals surface area contributed by atoms with E-state index in [1.54, 1.807) is 6.20 Å². The van der Waals surface area contributed by atoms with Gasteiger partial charge in [-0.15, -0.1) is 0 Å². The smallest absolute Gasteiger partial charge is 0.197 e. The fourth-order valence-electron chi connectivity index (χ4n) is 2.61. The number of rotatable bonds is 4. The summed E-state index contributed by atoms with van der Waals surface area (Å²) in [6.07, 6.45) is 5.70. The number of hydrogen-bond acceptors (Lipinski definition) is 3. The molecule has 0 aliphatic carbocycles. The van der Waals surface area contributed by atoms with Gasteiger partial charge in [0.25, 0.3) is 0 Å². The molecule has 1 N–H and O–H groups in total. The second-order valence-electron chi connectivity index (χ2n) is 5.59. The van der Waals surface area contributed by atoms with Crippen molar-refractivity contribution in [2.24, 2.45) is 0 Å². The number of nitrogens with zero attached hydrogens (tertiary/aromatic N) is 3. The van der Waals surface area contributed by atoms with Gasteiger partial charge in [-0.3, -0.25) is 9.19 Å². The van der Waals surface area contributed by atoms with Crippen LogP contribution in [0.2, 0.25) is 0 Å². The zero-order chi connectivity index (χ0) is 16.5. The summed E-state index contributed by atoms with van der Waals surface area (Å²) < 4.78 is 14.6. The highest BCUT2D eigenvalue weighted by Gasteiger charge is 2.13. The molecule has 4 aromatic rings. The first kappa shape index (κ1) is 14.8. The Morgan fingerprint density at radius 2 is 2.00 bits per heavy atom. The minimum Gasteiger partial charge on any atom is -0.331 e. The van der Waals surface area contributed by atoms with Gasteiger partial charge in [0.1, 0.15) is 0 Å². The topological polar surface area (TPSA) is 63.6 Å². The molecule has 0 amide bonds. The summed E-state index contributed by atoms with van der Waals surface area (Å²) in [6, 6.07) is 13.8. The lowest BCUT2D eigenvalue weighted by molar-refractivity contribution is 0.676. The molecule has 1 atom stereocenters. The van der Waals surface area contributed by atoms with Crippen molar-refractivity contribution in [2.45, 2.75) is 17.8 Å². The van der Waals surface area contributed by atoms with Gasteiger partial charge < -0.3 is 9.55 Å². The summed E-state index contributed by atoms with van der Waals surface area (Å²) in [5.74, 6) is 0.358. The first-order chi connectivity index (χ1) is 11.7. The zero-order valence-electron chi connectivity index (χ0n) is 13.1. The van der Waals surface area contributed by atoms with E-state index >= 15 is 0 Å². The van der Waals surface area contributed by atoms with E-state index in [4.69, 9.17) is 0 Å². The van der Waals surface area contributed by atoms with Crippen LogP contribution < -0.4 is 0 Å². The van der Waals surface area contributed by atoms with E-state index in [1.165, 1.54) is 0 Å². The lowest BCUT2D eigenvalue weighted by Crippen LogP contribution is -2.02. The van der Waals surface area contributed by atoms with Crippen molar-refractivity contribution in [3.63, 3.8) is 0 Å². The van der Waals surface area contributed by atoms with Crippen molar-refractivity contribution >= 4 is 21.8 Å². The van der Waals surface area contributed by atoms with Crippen LogP contribution in [-0.4, -0.2) is 23.7 Å². The predicted molar refractivity (Wildman–Crippen MR) is 94.5 cm³/mol. The quantitative estimate of drug-likeness (QED) is 0.621. The average Bonchev–Trinajstić information content (AvgIpc) is 3.25. The first-order valence-electron chi connectivity index (χ1n) is 7.63. The number of aryl methyl sites for hydroxylation is 1. The molecule has 3 aromatic heterocycles. The fraction of sp³-hybridized carbons (Fsp3) is 0.111. The summed E-state index contributed by atoms with van der Waals surface area (Å²) in [7, 11) is -1.26. The Morgan fingerprint density at radius 1 is 1.17 bits per heavy atom. The number of nitrogens with one attached hydrogen (secondary N) is 1. The molecule has 5 nitrogen and oxygen atoms in total. The molecule has 0 bridgehead atoms. The summed E-state index contributed by atoms with van der Waals surface area (Å²) in [5, 5.41) is 0.486. The second kappa shape index (κ2) is 6.05. The number of fused-ring (bicyclic) bond motifs is 1. The maximum absolute atomic E-state index is 12.6. The number of imidazole rings is 1. The van der Waals surface area contributed by atoms with Gasteiger partial charge in [0, 0.05) is 24.3 Å². The molecule has 0 unspecified atom stereocenters. The standard InChI is InChI=1S/C18H16N4OS/c1-13-5-4-8-19-17(13)12-24(23)18-20-15-7-6-14(11-16(15)21-18)22-9-2-3-10-22/h2-11H,12H2,1H3,(H,20,21)/t24-/m0/s1. The minimum absolute atomic E-state index is 0.358. The molecule has 0 spiro atoms. The Bertz CT molecular complexity index is 1020. The summed E-state index contributed by atoms with van der Waals surface area (Å²) in [4.78, 5) is 12.0. The van der Waals surface area contributed by atoms with Crippen LogP contribution >= 0.6 is 0 Å². The SMILES string of the molecule is Cc1cccnc1C[S@](=O)c1nc2ccc(-n3cccc3)cc2[nH]1. The lowest BCUT2D eigenvalue weighted by Gasteiger charge is -2.02. The number of pyridine rings is 1. The van der Waals surface area contributed by atoms with Crippen LogP contribution in [0.3, 0.4) is 0 Å². The Labute approximate surface area is 141 Å². The molecular weight excluding hydrogens is 320 g/mol. The lowest BCUT2D eigenvalue weighted by atomic mass is 10.2. The number of aromatic nitrogens is 4. The van der Waals surface area contributed by atoms with Gasteiger partial charge in [-0.25, -0.2) is 4.98 Å². The maximum atomic E-state index is 12.6. The van der Waals surface area contributed by atoms with Gasteiger partial charge >= 0.3 is 0 Å². The van der Waals surface area contributed by atoms with Gasteiger partial charge in [-0.2, -0.15) is 0 Å². The van der Waals surface area contributed by atoms with E-state index in [9.17, 15) is 4.21 Å². The van der Waals surface area contributed by atoms with Crippen LogP contribution in [0, 0.1) is 6.92 Å². The molecule has 3 heterocycles. The van der Waals surface area contributed by atoms with Crippen LogP contribution in [0.25, 0.3) is 16.7 Å². The van der Waals surface area contributed by atoms with E-state index in [0.29, 0.717) is 10.9 Å². The Morgan fingerprint density at radius 3 is 2.79 bits per heavy atom. The Balaban J connectivity index is 1.65. The molecule has 0 aliphatic rings. The third-order valence-electron chi connectivity index (χ3n) is 3.95. The largest absolute Gasteiger partial charge is 0.331 e. The molecule has 0 aliphatic heterocycles. The maximum Gasteiger partial charge on any atom is 0.197 e. The van der Waals surface area contributed by atoms with Gasteiger partial charge in [-0.05, 0) is 48.9 Å². The molecule has 0 radical (unpaired) electrons. The number of benzene rings is 1. The third kappa shape index (κ3) is 2.76. The normalized spacial score (nSPS) is 12.5. The molecular formula is C18H16N4OS. The van der Waals surface area contributed by atoms with E-state index < -0.39 is 10.8 Å². The van der Waals surface area contributed by atoms with E-state index in [0.717, 1.165) is 28.0 Å². The molecule has 6 heteroatoms. The third-order valence-corrected chi connectivity index (χ3v) is 5.11. The first-order valence-corrected chi connectivity index (χ1v) is 8.94. The highest BCUT2D eigenvalue weighted by Crippen LogP contribution is 2.19. The van der Waals surface area contributed by atoms with Crippen LogP contribution in [0.15, 0.2) is 66.2 Å². The molecule has 120 valence electrons. The van der Waals surface area contributed by atoms with E-state index in [2.05, 4.69) is 15.0 Å². The monoisotopic (exact) mass is 336 g/mol. The van der Waals surface area contributed by atoms with Gasteiger partial charge in [0.15, 0.2) is 5.16 Å². The second-order valence-corrected chi connectivity index (χ2v) is 6.96. The van der Waals surface area contributed by atoms with Crippen molar-refractivity contribution in [3.8, 4) is 5.69 Å². The van der Waals surface area contributed by atoms with Gasteiger partial charge in [0.05, 0.1) is 33.3 Å². The number of aromatic amines is 1. The Kier molecular flexibility index (Phi) is 3.74.